The highest BCUT2D eigenvalue weighted by Gasteiger charge is 2.42. The van der Waals surface area contributed by atoms with Gasteiger partial charge in [0.15, 0.2) is 0 Å². The molecule has 1 N–H and O–H groups in total. The smallest absolute Gasteiger partial charge is 0.242 e. The first-order valence-corrected chi connectivity index (χ1v) is 8.09. The monoisotopic (exact) mass is 287 g/mol. The zero-order valence-electron chi connectivity index (χ0n) is 12.8. The van der Waals surface area contributed by atoms with E-state index in [1.165, 1.54) is 5.69 Å². The summed E-state index contributed by atoms with van der Waals surface area (Å²) >= 11 is 0. The van der Waals surface area contributed by atoms with Gasteiger partial charge in [-0.15, -0.1) is 0 Å². The van der Waals surface area contributed by atoms with Crippen LogP contribution in [0.25, 0.3) is 0 Å². The van der Waals surface area contributed by atoms with Crippen molar-refractivity contribution in [3.63, 3.8) is 0 Å². The summed E-state index contributed by atoms with van der Waals surface area (Å²) in [4.78, 5) is 17.3. The summed E-state index contributed by atoms with van der Waals surface area (Å²) in [5.74, 6) is 0.315. The van der Waals surface area contributed by atoms with Gasteiger partial charge in [0, 0.05) is 31.9 Å². The van der Waals surface area contributed by atoms with Gasteiger partial charge in [-0.25, -0.2) is 0 Å². The molecule has 0 spiro atoms. The highest BCUT2D eigenvalue weighted by Crippen LogP contribution is 2.26. The maximum Gasteiger partial charge on any atom is 0.242 e. The van der Waals surface area contributed by atoms with Crippen LogP contribution in [0.5, 0.6) is 0 Å². The van der Waals surface area contributed by atoms with E-state index in [1.54, 1.807) is 0 Å². The van der Waals surface area contributed by atoms with E-state index in [1.807, 2.05) is 6.07 Å². The van der Waals surface area contributed by atoms with Gasteiger partial charge < -0.3 is 15.1 Å². The quantitative estimate of drug-likeness (QED) is 0.922. The van der Waals surface area contributed by atoms with Crippen molar-refractivity contribution in [2.24, 2.45) is 0 Å². The SMILES string of the molecule is CCC1(C(=O)N2CCN(c3ccccc3)CC2)CCCN1. The zero-order valence-corrected chi connectivity index (χ0v) is 12.8. The van der Waals surface area contributed by atoms with Crippen LogP contribution in [0, 0.1) is 0 Å². The van der Waals surface area contributed by atoms with Crippen molar-refractivity contribution in [1.82, 2.24) is 10.2 Å². The molecule has 1 amide bonds. The van der Waals surface area contributed by atoms with Crippen LogP contribution < -0.4 is 10.2 Å². The summed E-state index contributed by atoms with van der Waals surface area (Å²) in [5.41, 5.74) is 0.975. The number of rotatable bonds is 3. The number of para-hydroxylation sites is 1. The first-order valence-electron chi connectivity index (χ1n) is 8.09. The Bertz CT molecular complexity index is 474. The van der Waals surface area contributed by atoms with Crippen molar-refractivity contribution >= 4 is 11.6 Å². The topological polar surface area (TPSA) is 35.6 Å². The molecule has 2 aliphatic rings. The number of benzene rings is 1. The molecule has 2 heterocycles. The van der Waals surface area contributed by atoms with E-state index in [0.29, 0.717) is 5.91 Å². The van der Waals surface area contributed by atoms with Crippen LogP contribution in [0.1, 0.15) is 26.2 Å². The first-order chi connectivity index (χ1) is 10.2. The molecule has 2 saturated heterocycles. The summed E-state index contributed by atoms with van der Waals surface area (Å²) in [5, 5.41) is 3.45. The van der Waals surface area contributed by atoms with Crippen LogP contribution in [-0.2, 0) is 4.79 Å². The van der Waals surface area contributed by atoms with Gasteiger partial charge in [0.05, 0.1) is 5.54 Å². The van der Waals surface area contributed by atoms with Crippen LogP contribution in [0.2, 0.25) is 0 Å². The predicted octanol–water partition coefficient (Wildman–Crippen LogP) is 1.87. The Morgan fingerprint density at radius 2 is 1.90 bits per heavy atom. The summed E-state index contributed by atoms with van der Waals surface area (Å²) in [6.07, 6.45) is 3.00. The van der Waals surface area contributed by atoms with Gasteiger partial charge in [-0.2, -0.15) is 0 Å². The second-order valence-electron chi connectivity index (χ2n) is 6.08. The minimum Gasteiger partial charge on any atom is -0.368 e. The van der Waals surface area contributed by atoms with Gasteiger partial charge in [0.1, 0.15) is 0 Å². The molecule has 4 heteroatoms. The molecule has 4 nitrogen and oxygen atoms in total. The third-order valence-corrected chi connectivity index (χ3v) is 4.94. The van der Waals surface area contributed by atoms with Crippen molar-refractivity contribution in [2.45, 2.75) is 31.7 Å². The Hall–Kier alpha value is -1.55. The third kappa shape index (κ3) is 2.77. The zero-order chi connectivity index (χ0) is 14.7. The molecule has 1 aromatic rings. The lowest BCUT2D eigenvalue weighted by Crippen LogP contribution is -2.59. The van der Waals surface area contributed by atoms with E-state index >= 15 is 0 Å². The molecular formula is C17H25N3O. The van der Waals surface area contributed by atoms with E-state index in [0.717, 1.165) is 52.0 Å². The number of carbonyl (C=O) groups is 1. The molecule has 114 valence electrons. The number of nitrogens with zero attached hydrogens (tertiary/aromatic N) is 2. The first kappa shape index (κ1) is 14.4. The number of hydrogen-bond acceptors (Lipinski definition) is 3. The van der Waals surface area contributed by atoms with Crippen molar-refractivity contribution in [2.75, 3.05) is 37.6 Å². The highest BCUT2D eigenvalue weighted by atomic mass is 16.2. The molecule has 0 aliphatic carbocycles. The standard InChI is InChI=1S/C17H25N3O/c1-2-17(9-6-10-18-17)16(21)20-13-11-19(12-14-20)15-7-4-3-5-8-15/h3-5,7-8,18H,2,6,9-14H2,1H3. The molecule has 1 unspecified atom stereocenters. The molecule has 2 fully saturated rings. The van der Waals surface area contributed by atoms with Crippen molar-refractivity contribution in [3.8, 4) is 0 Å². The van der Waals surface area contributed by atoms with Gasteiger partial charge in [-0.3, -0.25) is 4.79 Å². The van der Waals surface area contributed by atoms with Gasteiger partial charge in [0.25, 0.3) is 0 Å². The van der Waals surface area contributed by atoms with E-state index < -0.39 is 0 Å². The Morgan fingerprint density at radius 1 is 1.19 bits per heavy atom. The Morgan fingerprint density at radius 3 is 2.48 bits per heavy atom. The molecule has 1 aromatic carbocycles. The Kier molecular flexibility index (Phi) is 4.15. The fourth-order valence-corrected chi connectivity index (χ4v) is 3.55. The Balaban J connectivity index is 1.62. The van der Waals surface area contributed by atoms with E-state index in [2.05, 4.69) is 46.3 Å². The molecule has 21 heavy (non-hydrogen) atoms. The molecule has 0 aromatic heterocycles. The molecule has 1 atom stereocenters. The fourth-order valence-electron chi connectivity index (χ4n) is 3.55. The minimum atomic E-state index is -0.283. The molecule has 3 rings (SSSR count). The highest BCUT2D eigenvalue weighted by molar-refractivity contribution is 5.87. The number of carbonyl (C=O) groups excluding carboxylic acids is 1. The molecule has 0 saturated carbocycles. The van der Waals surface area contributed by atoms with E-state index in [-0.39, 0.29) is 5.54 Å². The molecule has 0 radical (unpaired) electrons. The summed E-state index contributed by atoms with van der Waals surface area (Å²) in [6, 6.07) is 10.5. The summed E-state index contributed by atoms with van der Waals surface area (Å²) in [6.45, 7) is 6.61. The van der Waals surface area contributed by atoms with Gasteiger partial charge in [-0.1, -0.05) is 25.1 Å². The number of nitrogens with one attached hydrogen (secondary N) is 1. The Labute approximate surface area is 127 Å². The summed E-state index contributed by atoms with van der Waals surface area (Å²) < 4.78 is 0. The second kappa shape index (κ2) is 6.06. The maximum absolute atomic E-state index is 12.8. The second-order valence-corrected chi connectivity index (χ2v) is 6.08. The molecule has 0 bridgehead atoms. The number of anilines is 1. The maximum atomic E-state index is 12.8. The van der Waals surface area contributed by atoms with Crippen LogP contribution in [-0.4, -0.2) is 49.1 Å². The van der Waals surface area contributed by atoms with E-state index in [9.17, 15) is 4.79 Å². The lowest BCUT2D eigenvalue weighted by atomic mass is 9.92. The average molecular weight is 287 g/mol. The van der Waals surface area contributed by atoms with Crippen molar-refractivity contribution in [3.05, 3.63) is 30.3 Å². The summed E-state index contributed by atoms with van der Waals surface area (Å²) in [7, 11) is 0. The normalized spacial score (nSPS) is 26.1. The fraction of sp³-hybridized carbons (Fsp3) is 0.588. The van der Waals surface area contributed by atoms with E-state index in [4.69, 9.17) is 0 Å². The van der Waals surface area contributed by atoms with Crippen LogP contribution >= 0.6 is 0 Å². The van der Waals surface area contributed by atoms with Crippen LogP contribution in [0.4, 0.5) is 5.69 Å². The van der Waals surface area contributed by atoms with Crippen LogP contribution in [0.3, 0.4) is 0 Å². The average Bonchev–Trinajstić information content (AvgIpc) is 3.05. The van der Waals surface area contributed by atoms with Crippen LogP contribution in [0.15, 0.2) is 30.3 Å². The lowest BCUT2D eigenvalue weighted by molar-refractivity contribution is -0.138. The minimum absolute atomic E-state index is 0.283. The molecular weight excluding hydrogens is 262 g/mol. The number of amides is 1. The largest absolute Gasteiger partial charge is 0.368 e. The van der Waals surface area contributed by atoms with Gasteiger partial charge in [-0.05, 0) is 37.9 Å². The molecule has 2 aliphatic heterocycles. The van der Waals surface area contributed by atoms with Crippen molar-refractivity contribution in [1.29, 1.82) is 0 Å². The third-order valence-electron chi connectivity index (χ3n) is 4.94. The van der Waals surface area contributed by atoms with Gasteiger partial charge >= 0.3 is 0 Å². The predicted molar refractivity (Wildman–Crippen MR) is 85.5 cm³/mol. The van der Waals surface area contributed by atoms with Gasteiger partial charge in [0.2, 0.25) is 5.91 Å². The number of hydrogen-bond donors (Lipinski definition) is 1. The number of piperazine rings is 1. The van der Waals surface area contributed by atoms with Crippen molar-refractivity contribution < 1.29 is 4.79 Å². The lowest BCUT2D eigenvalue weighted by Gasteiger charge is -2.40.